The maximum atomic E-state index is 13.7. The summed E-state index contributed by atoms with van der Waals surface area (Å²) in [5, 5.41) is 51.3. The third kappa shape index (κ3) is 6.04. The Hall–Kier alpha value is -3.24. The quantitative estimate of drug-likeness (QED) is 0.171. The van der Waals surface area contributed by atoms with Crippen molar-refractivity contribution in [2.75, 3.05) is 11.5 Å². The molecule has 5 N–H and O–H groups in total. The van der Waals surface area contributed by atoms with Crippen LogP contribution in [0.15, 0.2) is 53.1 Å². The summed E-state index contributed by atoms with van der Waals surface area (Å²) < 4.78 is 0. The largest absolute Gasteiger partial charge is 0.507 e. The number of imide groups is 1. The number of fused-ring (bicyclic) bond motifs is 1. The molecule has 0 radical (unpaired) electrons. The first-order valence-electron chi connectivity index (χ1n) is 14.4. The van der Waals surface area contributed by atoms with E-state index in [1.807, 2.05) is 32.9 Å². The van der Waals surface area contributed by atoms with Crippen LogP contribution in [0.5, 0.6) is 5.75 Å². The molecule has 0 spiro atoms. The van der Waals surface area contributed by atoms with Gasteiger partial charge in [0, 0.05) is 5.92 Å². The van der Waals surface area contributed by atoms with Crippen LogP contribution in [0.4, 0.5) is 5.69 Å². The predicted octanol–water partition coefficient (Wildman–Crippen LogP) is 3.15. The van der Waals surface area contributed by atoms with Crippen molar-refractivity contribution in [1.29, 1.82) is 0 Å². The predicted molar refractivity (Wildman–Crippen MR) is 159 cm³/mol. The van der Waals surface area contributed by atoms with Crippen LogP contribution in [-0.4, -0.2) is 57.0 Å². The molecule has 1 saturated heterocycles. The lowest BCUT2D eigenvalue weighted by atomic mass is 9.67. The highest BCUT2D eigenvalue weighted by Gasteiger charge is 2.55. The lowest BCUT2D eigenvalue weighted by Crippen LogP contribution is -2.39. The number of anilines is 1. The van der Waals surface area contributed by atoms with Gasteiger partial charge >= 0.3 is 7.12 Å². The Morgan fingerprint density at radius 1 is 1.10 bits per heavy atom. The molecule has 9 heteroatoms. The van der Waals surface area contributed by atoms with Gasteiger partial charge in [0.2, 0.25) is 11.8 Å². The zero-order valence-corrected chi connectivity index (χ0v) is 24.2. The molecule has 4 rings (SSSR count). The molecule has 1 heterocycles. The normalized spacial score (nSPS) is 21.9. The molecule has 8 nitrogen and oxygen atoms in total. The van der Waals surface area contributed by atoms with E-state index in [1.165, 1.54) is 12.1 Å². The van der Waals surface area contributed by atoms with Gasteiger partial charge in [0.1, 0.15) is 5.75 Å². The molecule has 41 heavy (non-hydrogen) atoms. The Labute approximate surface area is 241 Å². The van der Waals surface area contributed by atoms with E-state index in [4.69, 9.17) is 0 Å². The fourth-order valence-electron chi connectivity index (χ4n) is 6.51. The monoisotopic (exact) mass is 561 g/mol. The fraction of sp³-hybridized carbons (Fsp3) is 0.438. The zero-order chi connectivity index (χ0) is 30.0. The van der Waals surface area contributed by atoms with Gasteiger partial charge in [0.25, 0.3) is 0 Å². The van der Waals surface area contributed by atoms with Crippen LogP contribution in [0.25, 0.3) is 6.08 Å². The summed E-state index contributed by atoms with van der Waals surface area (Å²) in [6.45, 7) is 7.36. The number of benzene rings is 2. The topological polar surface area (TPSA) is 139 Å². The smallest absolute Gasteiger partial charge is 0.488 e. The second kappa shape index (κ2) is 12.7. The highest BCUT2D eigenvalue weighted by atomic mass is 16.4. The summed E-state index contributed by atoms with van der Waals surface area (Å²) in [5.74, 6) is -2.69. The third-order valence-corrected chi connectivity index (χ3v) is 8.67. The first-order valence-corrected chi connectivity index (χ1v) is 14.4. The Bertz CT molecular complexity index is 1360. The molecule has 0 bridgehead atoms. The van der Waals surface area contributed by atoms with Gasteiger partial charge in [-0.2, -0.15) is 0 Å². The molecule has 1 aliphatic carbocycles. The number of phenolic OH excluding ortho intramolecular Hbond substituents is 1. The Kier molecular flexibility index (Phi) is 9.54. The molecule has 2 aromatic rings. The molecular weight excluding hydrogens is 521 g/mol. The summed E-state index contributed by atoms with van der Waals surface area (Å²) in [5.41, 5.74) is 5.70. The van der Waals surface area contributed by atoms with Crippen molar-refractivity contribution in [3.8, 4) is 5.75 Å². The lowest BCUT2D eigenvalue weighted by molar-refractivity contribution is -0.123. The first kappa shape index (κ1) is 30.7. The van der Waals surface area contributed by atoms with Crippen LogP contribution in [0.1, 0.15) is 62.6 Å². The number of aryl methyl sites for hydroxylation is 2. The van der Waals surface area contributed by atoms with Crippen molar-refractivity contribution in [3.63, 3.8) is 0 Å². The Morgan fingerprint density at radius 2 is 1.78 bits per heavy atom. The molecule has 2 amide bonds. The number of allylic oxidation sites excluding steroid dienone is 2. The number of amides is 2. The van der Waals surface area contributed by atoms with Gasteiger partial charge in [0.05, 0.1) is 30.2 Å². The summed E-state index contributed by atoms with van der Waals surface area (Å²) >= 11 is 0. The van der Waals surface area contributed by atoms with Gasteiger partial charge in [-0.05, 0) is 97.9 Å². The van der Waals surface area contributed by atoms with Gasteiger partial charge in [-0.15, -0.1) is 0 Å². The zero-order valence-electron chi connectivity index (χ0n) is 24.2. The van der Waals surface area contributed by atoms with Gasteiger partial charge in [-0.3, -0.25) is 14.5 Å². The number of phenols is 1. The lowest BCUT2D eigenvalue weighted by Gasteiger charge is -2.36. The van der Waals surface area contributed by atoms with Crippen LogP contribution in [0, 0.1) is 31.6 Å². The standard InChI is InChI=1S/C32H40BNO7/c1-5-20(14-21-12-18(3)30(37)19(4)13-21)10-11-27(36)28-22(6-2)15-25-29(26(28)17-35)32(39)34(31(25)38)24-9-7-8-23(16-24)33(40)41/h7-9,12-14,16,25-27,29,35-37,40-41H,5-6,10-11,15,17H2,1-4H3/b20-14+/t25-,26+,27-,29-/m1/s1. The molecule has 2 aliphatic rings. The second-order valence-electron chi connectivity index (χ2n) is 11.2. The molecule has 4 atom stereocenters. The summed E-state index contributed by atoms with van der Waals surface area (Å²) in [6, 6.07) is 9.90. The summed E-state index contributed by atoms with van der Waals surface area (Å²) in [6.07, 6.45) is 3.91. The van der Waals surface area contributed by atoms with Crippen LogP contribution in [-0.2, 0) is 9.59 Å². The molecule has 0 saturated carbocycles. The van der Waals surface area contributed by atoms with Crippen LogP contribution >= 0.6 is 0 Å². The molecular formula is C32H40BNO7. The Balaban J connectivity index is 1.59. The minimum atomic E-state index is -1.74. The highest BCUT2D eigenvalue weighted by Crippen LogP contribution is 2.48. The molecule has 0 aromatic heterocycles. The van der Waals surface area contributed by atoms with E-state index in [2.05, 4.69) is 13.0 Å². The average molecular weight is 561 g/mol. The molecule has 1 aliphatic heterocycles. The minimum absolute atomic E-state index is 0.164. The van der Waals surface area contributed by atoms with Gasteiger partial charge in [0.15, 0.2) is 0 Å². The number of aliphatic hydroxyl groups excluding tert-OH is 2. The molecule has 0 unspecified atom stereocenters. The summed E-state index contributed by atoms with van der Waals surface area (Å²) in [4.78, 5) is 28.3. The molecule has 218 valence electrons. The number of rotatable bonds is 10. The molecule has 2 aromatic carbocycles. The summed E-state index contributed by atoms with van der Waals surface area (Å²) in [7, 11) is -1.74. The number of nitrogens with zero attached hydrogens (tertiary/aromatic N) is 1. The fourth-order valence-corrected chi connectivity index (χ4v) is 6.51. The second-order valence-corrected chi connectivity index (χ2v) is 11.2. The first-order chi connectivity index (χ1) is 19.5. The molecule has 1 fully saturated rings. The van der Waals surface area contributed by atoms with Crippen molar-refractivity contribution in [1.82, 2.24) is 0 Å². The number of carbonyl (C=O) groups excluding carboxylic acids is 2. The maximum absolute atomic E-state index is 13.7. The maximum Gasteiger partial charge on any atom is 0.488 e. The van der Waals surface area contributed by atoms with Gasteiger partial charge < -0.3 is 25.4 Å². The van der Waals surface area contributed by atoms with Crippen LogP contribution in [0.2, 0.25) is 0 Å². The average Bonchev–Trinajstić information content (AvgIpc) is 3.21. The van der Waals surface area contributed by atoms with E-state index in [-0.39, 0.29) is 29.4 Å². The third-order valence-electron chi connectivity index (χ3n) is 8.67. The van der Waals surface area contributed by atoms with E-state index in [9.17, 15) is 35.0 Å². The van der Waals surface area contributed by atoms with E-state index in [1.54, 1.807) is 12.1 Å². The number of aromatic hydroxyl groups is 1. The van der Waals surface area contributed by atoms with E-state index in [0.29, 0.717) is 31.3 Å². The van der Waals surface area contributed by atoms with E-state index in [0.717, 1.165) is 39.2 Å². The van der Waals surface area contributed by atoms with E-state index < -0.39 is 36.9 Å². The number of hydrogen-bond donors (Lipinski definition) is 5. The number of carbonyl (C=O) groups is 2. The van der Waals surface area contributed by atoms with Crippen molar-refractivity contribution in [2.45, 2.75) is 65.9 Å². The van der Waals surface area contributed by atoms with Crippen molar-refractivity contribution < 1.29 is 35.0 Å². The SMILES string of the molecule is CCC1=C([C@H](O)CC/C(=C/c2cc(C)c(O)c(C)c2)CC)[C@H](CO)[C@@H]2C(=O)N(c3cccc(B(O)O)c3)C(=O)[C@@H]2C1. The van der Waals surface area contributed by atoms with Crippen molar-refractivity contribution in [3.05, 3.63) is 69.8 Å². The van der Waals surface area contributed by atoms with Crippen molar-refractivity contribution in [2.24, 2.45) is 17.8 Å². The highest BCUT2D eigenvalue weighted by molar-refractivity contribution is 6.58. The number of hydrogen-bond acceptors (Lipinski definition) is 7. The van der Waals surface area contributed by atoms with Gasteiger partial charge in [-0.1, -0.05) is 43.2 Å². The Morgan fingerprint density at radius 3 is 2.37 bits per heavy atom. The van der Waals surface area contributed by atoms with Crippen LogP contribution < -0.4 is 10.4 Å². The number of aliphatic hydroxyl groups is 2. The van der Waals surface area contributed by atoms with E-state index >= 15 is 0 Å². The van der Waals surface area contributed by atoms with Crippen LogP contribution in [0.3, 0.4) is 0 Å². The minimum Gasteiger partial charge on any atom is -0.507 e. The van der Waals surface area contributed by atoms with Gasteiger partial charge in [-0.25, -0.2) is 0 Å². The van der Waals surface area contributed by atoms with Crippen molar-refractivity contribution >= 4 is 36.2 Å².